The van der Waals surface area contributed by atoms with Gasteiger partial charge in [-0.1, -0.05) is 36.4 Å². The summed E-state index contributed by atoms with van der Waals surface area (Å²) in [5.41, 5.74) is 6.63. The van der Waals surface area contributed by atoms with Crippen molar-refractivity contribution in [2.75, 3.05) is 6.54 Å². The predicted octanol–water partition coefficient (Wildman–Crippen LogP) is 3.71. The largest absolute Gasteiger partial charge is 0.329 e. The van der Waals surface area contributed by atoms with Crippen molar-refractivity contribution in [3.63, 3.8) is 0 Å². The van der Waals surface area contributed by atoms with E-state index in [0.29, 0.717) is 6.54 Å². The second-order valence-corrected chi connectivity index (χ2v) is 6.05. The lowest BCUT2D eigenvalue weighted by molar-refractivity contribution is 0.276. The standard InChI is InChI=1S/C11H15NOS2.ClH/c1-8-4-3-5-10(6-8)15-11(13)14-9(2)7-12;/h3-6,9H,7,12H2,1-2H3;1H. The van der Waals surface area contributed by atoms with Crippen molar-refractivity contribution in [3.8, 4) is 0 Å². The maximum Gasteiger partial charge on any atom is 0.251 e. The number of halogens is 1. The van der Waals surface area contributed by atoms with Crippen molar-refractivity contribution in [2.24, 2.45) is 5.73 Å². The zero-order valence-corrected chi connectivity index (χ0v) is 11.8. The van der Waals surface area contributed by atoms with E-state index in [1.165, 1.54) is 29.1 Å². The molecule has 0 aliphatic heterocycles. The van der Waals surface area contributed by atoms with Crippen LogP contribution in [0.4, 0.5) is 4.79 Å². The van der Waals surface area contributed by atoms with Crippen LogP contribution in [0.2, 0.25) is 0 Å². The Morgan fingerprint density at radius 2 is 2.19 bits per heavy atom. The third-order valence-corrected chi connectivity index (χ3v) is 3.80. The Kier molecular flexibility index (Phi) is 7.93. The number of thioether (sulfide) groups is 2. The minimum absolute atomic E-state index is 0. The van der Waals surface area contributed by atoms with Crippen LogP contribution >= 0.6 is 35.9 Å². The number of hydrogen-bond donors (Lipinski definition) is 1. The molecule has 0 amide bonds. The van der Waals surface area contributed by atoms with Crippen molar-refractivity contribution < 1.29 is 4.79 Å². The highest BCUT2D eigenvalue weighted by Crippen LogP contribution is 2.28. The van der Waals surface area contributed by atoms with E-state index in [4.69, 9.17) is 5.73 Å². The molecule has 0 aromatic heterocycles. The molecule has 0 spiro atoms. The van der Waals surface area contributed by atoms with Crippen LogP contribution in [-0.4, -0.2) is 16.2 Å². The molecule has 0 saturated carbocycles. The van der Waals surface area contributed by atoms with Gasteiger partial charge in [-0.3, -0.25) is 4.79 Å². The Balaban J connectivity index is 0.00000225. The summed E-state index contributed by atoms with van der Waals surface area (Å²) in [5, 5.41) is 0.190. The molecule has 16 heavy (non-hydrogen) atoms. The SMILES string of the molecule is Cc1cccc(SC(=O)SC(C)CN)c1.Cl. The number of aryl methyl sites for hydroxylation is 1. The molecular formula is C11H16ClNOS2. The first-order valence-corrected chi connectivity index (χ1v) is 6.46. The molecule has 1 atom stereocenters. The van der Waals surface area contributed by atoms with Crippen LogP contribution in [0.5, 0.6) is 0 Å². The van der Waals surface area contributed by atoms with Gasteiger partial charge in [0, 0.05) is 16.7 Å². The van der Waals surface area contributed by atoms with Gasteiger partial charge in [0.2, 0.25) is 0 Å². The van der Waals surface area contributed by atoms with Crippen molar-refractivity contribution in [1.82, 2.24) is 0 Å². The first-order valence-electron chi connectivity index (χ1n) is 4.77. The first kappa shape index (κ1) is 15.8. The fourth-order valence-electron chi connectivity index (χ4n) is 1.01. The minimum Gasteiger partial charge on any atom is -0.329 e. The van der Waals surface area contributed by atoms with Gasteiger partial charge < -0.3 is 5.73 Å². The normalized spacial score (nSPS) is 11.7. The predicted molar refractivity (Wildman–Crippen MR) is 75.8 cm³/mol. The van der Waals surface area contributed by atoms with E-state index in [-0.39, 0.29) is 22.1 Å². The first-order chi connectivity index (χ1) is 7.11. The van der Waals surface area contributed by atoms with Crippen LogP contribution in [0, 0.1) is 6.92 Å². The van der Waals surface area contributed by atoms with Gasteiger partial charge in [0.25, 0.3) is 4.45 Å². The van der Waals surface area contributed by atoms with Crippen molar-refractivity contribution in [1.29, 1.82) is 0 Å². The van der Waals surface area contributed by atoms with E-state index < -0.39 is 0 Å². The van der Waals surface area contributed by atoms with E-state index in [0.717, 1.165) is 4.90 Å². The van der Waals surface area contributed by atoms with E-state index in [9.17, 15) is 4.79 Å². The number of hydrogen-bond acceptors (Lipinski definition) is 4. The Labute approximate surface area is 111 Å². The summed E-state index contributed by atoms with van der Waals surface area (Å²) in [4.78, 5) is 12.6. The highest BCUT2D eigenvalue weighted by Gasteiger charge is 2.09. The van der Waals surface area contributed by atoms with Crippen LogP contribution in [0.25, 0.3) is 0 Å². The van der Waals surface area contributed by atoms with Crippen LogP contribution in [0.3, 0.4) is 0 Å². The highest BCUT2D eigenvalue weighted by molar-refractivity contribution is 8.38. The van der Waals surface area contributed by atoms with E-state index in [1.807, 2.05) is 38.1 Å². The second-order valence-electron chi connectivity index (χ2n) is 3.33. The summed E-state index contributed by atoms with van der Waals surface area (Å²) in [5.74, 6) is 0. The molecule has 0 radical (unpaired) electrons. The highest BCUT2D eigenvalue weighted by atomic mass is 35.5. The molecule has 0 aliphatic rings. The average Bonchev–Trinajstić information content (AvgIpc) is 2.17. The lowest BCUT2D eigenvalue weighted by Crippen LogP contribution is -2.13. The molecule has 0 saturated heterocycles. The molecule has 0 aliphatic carbocycles. The summed E-state index contributed by atoms with van der Waals surface area (Å²) < 4.78 is 0.110. The van der Waals surface area contributed by atoms with E-state index in [2.05, 4.69) is 0 Å². The quantitative estimate of drug-likeness (QED) is 0.856. The van der Waals surface area contributed by atoms with Gasteiger partial charge >= 0.3 is 0 Å². The molecule has 1 aromatic rings. The molecule has 1 rings (SSSR count). The Morgan fingerprint density at radius 3 is 2.75 bits per heavy atom. The second kappa shape index (κ2) is 8.01. The van der Waals surface area contributed by atoms with Crippen LogP contribution in [-0.2, 0) is 0 Å². The molecule has 0 heterocycles. The smallest absolute Gasteiger partial charge is 0.251 e. The monoisotopic (exact) mass is 277 g/mol. The van der Waals surface area contributed by atoms with Crippen LogP contribution in [0.1, 0.15) is 12.5 Å². The molecule has 2 N–H and O–H groups in total. The molecular weight excluding hydrogens is 262 g/mol. The molecule has 1 unspecified atom stereocenters. The van der Waals surface area contributed by atoms with Gasteiger partial charge in [0.15, 0.2) is 0 Å². The Hall–Kier alpha value is -0.160. The Bertz CT molecular complexity index is 347. The van der Waals surface area contributed by atoms with Gasteiger partial charge in [-0.25, -0.2) is 0 Å². The molecule has 0 bridgehead atoms. The maximum absolute atomic E-state index is 11.6. The molecule has 2 nitrogen and oxygen atoms in total. The molecule has 5 heteroatoms. The molecule has 90 valence electrons. The summed E-state index contributed by atoms with van der Waals surface area (Å²) in [6, 6.07) is 7.94. The summed E-state index contributed by atoms with van der Waals surface area (Å²) in [7, 11) is 0. The van der Waals surface area contributed by atoms with Crippen LogP contribution < -0.4 is 5.73 Å². The zero-order valence-electron chi connectivity index (χ0n) is 9.30. The topological polar surface area (TPSA) is 43.1 Å². The Morgan fingerprint density at radius 1 is 1.50 bits per heavy atom. The fourth-order valence-corrected chi connectivity index (χ4v) is 2.99. The lowest BCUT2D eigenvalue weighted by Gasteiger charge is -2.06. The maximum atomic E-state index is 11.6. The van der Waals surface area contributed by atoms with Gasteiger partial charge in [-0.15, -0.1) is 12.4 Å². The average molecular weight is 278 g/mol. The number of carbonyl (C=O) groups is 1. The summed E-state index contributed by atoms with van der Waals surface area (Å²) in [6.07, 6.45) is 0. The number of carbonyl (C=O) groups excluding carboxylic acids is 1. The number of rotatable bonds is 3. The van der Waals surface area contributed by atoms with E-state index in [1.54, 1.807) is 0 Å². The van der Waals surface area contributed by atoms with Crippen molar-refractivity contribution in [2.45, 2.75) is 24.0 Å². The third-order valence-electron chi connectivity index (χ3n) is 1.82. The minimum atomic E-state index is 0. The van der Waals surface area contributed by atoms with E-state index >= 15 is 0 Å². The van der Waals surface area contributed by atoms with Gasteiger partial charge in [0.1, 0.15) is 0 Å². The lowest BCUT2D eigenvalue weighted by atomic mass is 10.2. The molecule has 1 aromatic carbocycles. The van der Waals surface area contributed by atoms with Gasteiger partial charge in [-0.2, -0.15) is 0 Å². The molecule has 0 fully saturated rings. The van der Waals surface area contributed by atoms with Crippen LogP contribution in [0.15, 0.2) is 29.2 Å². The van der Waals surface area contributed by atoms with Gasteiger partial charge in [-0.05, 0) is 30.8 Å². The fraction of sp³-hybridized carbons (Fsp3) is 0.364. The number of nitrogens with two attached hydrogens (primary N) is 1. The zero-order chi connectivity index (χ0) is 11.3. The van der Waals surface area contributed by atoms with Crippen molar-refractivity contribution >= 4 is 40.4 Å². The van der Waals surface area contributed by atoms with Gasteiger partial charge in [0.05, 0.1) is 0 Å². The summed E-state index contributed by atoms with van der Waals surface area (Å²) in [6.45, 7) is 4.51. The third kappa shape index (κ3) is 5.80. The summed E-state index contributed by atoms with van der Waals surface area (Å²) >= 11 is 2.57. The number of benzene rings is 1. The van der Waals surface area contributed by atoms with Crippen molar-refractivity contribution in [3.05, 3.63) is 29.8 Å².